The molecule has 1 aromatic heterocycles. The highest BCUT2D eigenvalue weighted by Gasteiger charge is 2.20. The number of benzene rings is 1. The van der Waals surface area contributed by atoms with E-state index in [1.54, 1.807) is 16.9 Å². The van der Waals surface area contributed by atoms with Gasteiger partial charge in [0.25, 0.3) is 5.91 Å². The zero-order valence-electron chi connectivity index (χ0n) is 11.9. The van der Waals surface area contributed by atoms with Crippen molar-refractivity contribution in [2.24, 2.45) is 0 Å². The van der Waals surface area contributed by atoms with Crippen molar-refractivity contribution in [1.29, 1.82) is 0 Å². The van der Waals surface area contributed by atoms with E-state index < -0.39 is 0 Å². The van der Waals surface area contributed by atoms with Gasteiger partial charge in [-0.2, -0.15) is 5.10 Å². The Bertz CT molecular complexity index is 698. The zero-order valence-corrected chi connectivity index (χ0v) is 12.7. The third-order valence-electron chi connectivity index (χ3n) is 3.00. The molecule has 0 saturated heterocycles. The normalized spacial score (nSPS) is 10.4. The van der Waals surface area contributed by atoms with E-state index >= 15 is 0 Å². The molecule has 108 valence electrons. The first-order chi connectivity index (χ1) is 10.0. The monoisotopic (exact) mass is 301 g/mol. The van der Waals surface area contributed by atoms with Gasteiger partial charge in [-0.25, -0.2) is 4.68 Å². The van der Waals surface area contributed by atoms with Crippen LogP contribution in [-0.4, -0.2) is 22.2 Å². The van der Waals surface area contributed by atoms with Crippen LogP contribution in [0.5, 0.6) is 0 Å². The van der Waals surface area contributed by atoms with Crippen molar-refractivity contribution in [2.45, 2.75) is 19.8 Å². The number of nitrogens with zero attached hydrogens (tertiary/aromatic N) is 2. The number of aromatic nitrogens is 2. The molecule has 2 aromatic rings. The fourth-order valence-electron chi connectivity index (χ4n) is 2.13. The molecule has 0 saturated carbocycles. The Labute approximate surface area is 129 Å². The molecule has 0 unspecified atom stereocenters. The summed E-state index contributed by atoms with van der Waals surface area (Å²) in [7, 11) is 0. The predicted octanol–water partition coefficient (Wildman–Crippen LogP) is 3.01. The highest BCUT2D eigenvalue weighted by atomic mass is 35.5. The summed E-state index contributed by atoms with van der Waals surface area (Å²) in [5.74, 6) is 2.29. The average molecular weight is 302 g/mol. The van der Waals surface area contributed by atoms with E-state index in [1.807, 2.05) is 32.0 Å². The van der Waals surface area contributed by atoms with Gasteiger partial charge in [0.05, 0.1) is 29.7 Å². The largest absolute Gasteiger partial charge is 0.341 e. The molecule has 21 heavy (non-hydrogen) atoms. The van der Waals surface area contributed by atoms with E-state index in [-0.39, 0.29) is 18.4 Å². The highest BCUT2D eigenvalue weighted by Crippen LogP contribution is 2.24. The number of hydrogen-bond donors (Lipinski definition) is 1. The Morgan fingerprint density at radius 3 is 2.90 bits per heavy atom. The molecule has 0 aliphatic rings. The van der Waals surface area contributed by atoms with Gasteiger partial charge in [0.1, 0.15) is 0 Å². The molecule has 0 atom stereocenters. The minimum Gasteiger partial charge on any atom is -0.341 e. The molecule has 5 heteroatoms. The molecular formula is C16H16ClN3O. The molecule has 0 bridgehead atoms. The van der Waals surface area contributed by atoms with Crippen molar-refractivity contribution < 1.29 is 4.79 Å². The summed E-state index contributed by atoms with van der Waals surface area (Å²) >= 11 is 6.02. The summed E-state index contributed by atoms with van der Waals surface area (Å²) in [5.41, 5.74) is 2.18. The van der Waals surface area contributed by atoms with Gasteiger partial charge in [-0.1, -0.05) is 37.4 Å². The lowest BCUT2D eigenvalue weighted by atomic mass is 10.1. The van der Waals surface area contributed by atoms with Crippen LogP contribution in [0.2, 0.25) is 5.02 Å². The van der Waals surface area contributed by atoms with Crippen LogP contribution in [0.3, 0.4) is 0 Å². The van der Waals surface area contributed by atoms with Crippen molar-refractivity contribution in [3.8, 4) is 18.0 Å². The molecule has 4 nitrogen and oxygen atoms in total. The van der Waals surface area contributed by atoms with Crippen molar-refractivity contribution in [3.63, 3.8) is 0 Å². The minimum atomic E-state index is -0.218. The first-order valence-electron chi connectivity index (χ1n) is 6.60. The summed E-state index contributed by atoms with van der Waals surface area (Å²) in [6.07, 6.45) is 6.72. The first-order valence-corrected chi connectivity index (χ1v) is 6.98. The van der Waals surface area contributed by atoms with E-state index in [1.165, 1.54) is 0 Å². The van der Waals surface area contributed by atoms with Crippen molar-refractivity contribution in [3.05, 3.63) is 46.7 Å². The fourth-order valence-corrected chi connectivity index (χ4v) is 2.31. The maximum atomic E-state index is 12.2. The van der Waals surface area contributed by atoms with Gasteiger partial charge in [0.15, 0.2) is 0 Å². The molecule has 2 rings (SSSR count). The van der Waals surface area contributed by atoms with E-state index in [0.717, 1.165) is 11.4 Å². The predicted molar refractivity (Wildman–Crippen MR) is 83.8 cm³/mol. The second kappa shape index (κ2) is 6.47. The summed E-state index contributed by atoms with van der Waals surface area (Å²) in [6.45, 7) is 4.21. The second-order valence-corrected chi connectivity index (χ2v) is 5.31. The number of hydrogen-bond acceptors (Lipinski definition) is 2. The van der Waals surface area contributed by atoms with Crippen LogP contribution in [0.25, 0.3) is 5.69 Å². The van der Waals surface area contributed by atoms with Crippen LogP contribution in [-0.2, 0) is 0 Å². The average Bonchev–Trinajstić information content (AvgIpc) is 2.89. The molecule has 0 spiro atoms. The smallest absolute Gasteiger partial charge is 0.255 e. The SMILES string of the molecule is C#CCNC(=O)c1cnn(-c2cccc(Cl)c2)c1C(C)C. The number of terminal acetylenes is 1. The molecule has 0 fully saturated rings. The van der Waals surface area contributed by atoms with Gasteiger partial charge < -0.3 is 5.32 Å². The third-order valence-corrected chi connectivity index (χ3v) is 3.24. The molecule has 0 aliphatic carbocycles. The summed E-state index contributed by atoms with van der Waals surface area (Å²) < 4.78 is 1.74. The second-order valence-electron chi connectivity index (χ2n) is 4.88. The van der Waals surface area contributed by atoms with Crippen molar-refractivity contribution in [2.75, 3.05) is 6.54 Å². The van der Waals surface area contributed by atoms with E-state index in [2.05, 4.69) is 16.3 Å². The van der Waals surface area contributed by atoms with Crippen LogP contribution in [0, 0.1) is 12.3 Å². The van der Waals surface area contributed by atoms with Crippen LogP contribution in [0.1, 0.15) is 35.8 Å². The quantitative estimate of drug-likeness (QED) is 0.883. The van der Waals surface area contributed by atoms with Crippen molar-refractivity contribution >= 4 is 17.5 Å². The van der Waals surface area contributed by atoms with Crippen LogP contribution in [0.4, 0.5) is 0 Å². The van der Waals surface area contributed by atoms with Gasteiger partial charge in [0.2, 0.25) is 0 Å². The van der Waals surface area contributed by atoms with Crippen LogP contribution < -0.4 is 5.32 Å². The van der Waals surface area contributed by atoms with Gasteiger partial charge in [0, 0.05) is 5.02 Å². The zero-order chi connectivity index (χ0) is 15.4. The Balaban J connectivity index is 2.47. The number of halogens is 1. The van der Waals surface area contributed by atoms with E-state index in [9.17, 15) is 4.79 Å². The molecule has 1 amide bonds. The standard InChI is InChI=1S/C16H16ClN3O/c1-4-8-18-16(21)14-10-19-20(15(14)11(2)3)13-7-5-6-12(17)9-13/h1,5-7,9-11H,8H2,2-3H3,(H,18,21). The Kier molecular flexibility index (Phi) is 4.66. The highest BCUT2D eigenvalue weighted by molar-refractivity contribution is 6.30. The Hall–Kier alpha value is -2.25. The molecule has 1 aromatic carbocycles. The maximum Gasteiger partial charge on any atom is 0.255 e. The number of rotatable bonds is 4. The van der Waals surface area contributed by atoms with Crippen molar-refractivity contribution in [1.82, 2.24) is 15.1 Å². The number of carbonyl (C=O) groups excluding carboxylic acids is 1. The fraction of sp³-hybridized carbons (Fsp3) is 0.250. The van der Waals surface area contributed by atoms with Gasteiger partial charge in [-0.05, 0) is 24.1 Å². The van der Waals surface area contributed by atoms with Crippen LogP contribution >= 0.6 is 11.6 Å². The number of amides is 1. The summed E-state index contributed by atoms with van der Waals surface area (Å²) in [5, 5.41) is 7.61. The molecular weight excluding hydrogens is 286 g/mol. The van der Waals surface area contributed by atoms with E-state index in [0.29, 0.717) is 10.6 Å². The topological polar surface area (TPSA) is 46.9 Å². The van der Waals surface area contributed by atoms with Gasteiger partial charge in [-0.3, -0.25) is 4.79 Å². The summed E-state index contributed by atoms with van der Waals surface area (Å²) in [4.78, 5) is 12.2. The Morgan fingerprint density at radius 2 is 2.29 bits per heavy atom. The Morgan fingerprint density at radius 1 is 1.52 bits per heavy atom. The lowest BCUT2D eigenvalue weighted by molar-refractivity contribution is 0.0957. The summed E-state index contributed by atoms with van der Waals surface area (Å²) in [6, 6.07) is 7.35. The van der Waals surface area contributed by atoms with E-state index in [4.69, 9.17) is 18.0 Å². The molecule has 0 radical (unpaired) electrons. The number of carbonyl (C=O) groups is 1. The van der Waals surface area contributed by atoms with Gasteiger partial charge >= 0.3 is 0 Å². The third kappa shape index (κ3) is 3.26. The lowest BCUT2D eigenvalue weighted by Crippen LogP contribution is -2.24. The molecule has 1 N–H and O–H groups in total. The molecule has 0 aliphatic heterocycles. The maximum absolute atomic E-state index is 12.2. The number of nitrogens with one attached hydrogen (secondary N) is 1. The van der Waals surface area contributed by atoms with Gasteiger partial charge in [-0.15, -0.1) is 6.42 Å². The lowest BCUT2D eigenvalue weighted by Gasteiger charge is -2.12. The van der Waals surface area contributed by atoms with Crippen LogP contribution in [0.15, 0.2) is 30.5 Å². The minimum absolute atomic E-state index is 0.123. The molecule has 1 heterocycles. The first kappa shape index (κ1) is 15.1.